The number of benzene rings is 1. The lowest BCUT2D eigenvalue weighted by atomic mass is 9.94. The fraction of sp³-hybridized carbons (Fsp3) is 0.667. The zero-order chi connectivity index (χ0) is 33.0. The van der Waals surface area contributed by atoms with Gasteiger partial charge in [-0.2, -0.15) is 0 Å². The van der Waals surface area contributed by atoms with Gasteiger partial charge in [0.25, 0.3) is 0 Å². The zero-order valence-electron chi connectivity index (χ0n) is 27.0. The third kappa shape index (κ3) is 18.2. The molecule has 1 aromatic rings. The van der Waals surface area contributed by atoms with Crippen molar-refractivity contribution in [1.82, 2.24) is 0 Å². The smallest absolute Gasteiger partial charge is 0.330 e. The Bertz CT molecular complexity index is 1010. The first-order valence-corrected chi connectivity index (χ1v) is 16.7. The fourth-order valence-electron chi connectivity index (χ4n) is 5.89. The maximum absolute atomic E-state index is 11.7. The van der Waals surface area contributed by atoms with Crippen molar-refractivity contribution < 1.29 is 44.6 Å². The minimum absolute atomic E-state index is 0.0343. The molecule has 9 nitrogen and oxygen atoms in total. The van der Waals surface area contributed by atoms with E-state index in [4.69, 9.17) is 9.47 Å². The molecule has 0 aromatic heterocycles. The van der Waals surface area contributed by atoms with E-state index in [1.165, 1.54) is 57.1 Å². The van der Waals surface area contributed by atoms with Crippen LogP contribution in [0, 0.1) is 0 Å². The van der Waals surface area contributed by atoms with Crippen LogP contribution in [0.1, 0.15) is 109 Å². The summed E-state index contributed by atoms with van der Waals surface area (Å²) in [4.78, 5) is 23.1. The van der Waals surface area contributed by atoms with Crippen molar-refractivity contribution in [2.24, 2.45) is 0 Å². The summed E-state index contributed by atoms with van der Waals surface area (Å²) in [6, 6.07) is 10.6. The van der Waals surface area contributed by atoms with Gasteiger partial charge in [0, 0.05) is 32.3 Å². The normalized spacial score (nSPS) is 19.7. The highest BCUT2D eigenvalue weighted by molar-refractivity contribution is 5.83. The second kappa shape index (κ2) is 22.0. The van der Waals surface area contributed by atoms with Gasteiger partial charge in [-0.15, -0.1) is 0 Å². The molecule has 1 aliphatic heterocycles. The molecule has 9 heteroatoms. The Hall–Kier alpha value is -2.56. The molecule has 0 aliphatic carbocycles. The Labute approximate surface area is 269 Å². The van der Waals surface area contributed by atoms with E-state index in [1.54, 1.807) is 0 Å². The number of cyclic esters (lactones) is 1. The van der Waals surface area contributed by atoms with Gasteiger partial charge in [0.15, 0.2) is 0 Å². The molecule has 0 spiro atoms. The van der Waals surface area contributed by atoms with Crippen LogP contribution in [0.2, 0.25) is 0 Å². The summed E-state index contributed by atoms with van der Waals surface area (Å²) in [7, 11) is 0. The summed E-state index contributed by atoms with van der Waals surface area (Å²) in [5.41, 5.74) is 2.37. The van der Waals surface area contributed by atoms with Crippen molar-refractivity contribution in [2.45, 2.75) is 152 Å². The highest BCUT2D eigenvalue weighted by atomic mass is 16.6. The third-order valence-electron chi connectivity index (χ3n) is 8.19. The molecular weight excluding hydrogens is 576 g/mol. The van der Waals surface area contributed by atoms with Gasteiger partial charge in [-0.05, 0) is 56.6 Å². The lowest BCUT2D eigenvalue weighted by Crippen LogP contribution is -2.37. The van der Waals surface area contributed by atoms with Gasteiger partial charge in [0.05, 0.1) is 24.4 Å². The molecule has 0 amide bonds. The maximum Gasteiger partial charge on any atom is 0.330 e. The molecule has 0 bridgehead atoms. The van der Waals surface area contributed by atoms with E-state index in [2.05, 4.69) is 36.9 Å². The number of aryl methyl sites for hydroxylation is 1. The molecule has 0 saturated heterocycles. The Balaban J connectivity index is 1.58. The van der Waals surface area contributed by atoms with Crippen LogP contribution in [0.25, 0.3) is 0 Å². The van der Waals surface area contributed by atoms with Crippen molar-refractivity contribution in [3.05, 3.63) is 60.2 Å². The van der Waals surface area contributed by atoms with Crippen molar-refractivity contribution in [2.75, 3.05) is 0 Å². The van der Waals surface area contributed by atoms with E-state index < -0.39 is 54.7 Å². The number of ether oxygens (including phenoxy) is 2. The maximum atomic E-state index is 11.7. The summed E-state index contributed by atoms with van der Waals surface area (Å²) in [6.45, 7) is 5.48. The average molecular weight is 633 g/mol. The highest BCUT2D eigenvalue weighted by Gasteiger charge is 2.29. The van der Waals surface area contributed by atoms with Gasteiger partial charge < -0.3 is 35.0 Å². The topological polar surface area (TPSA) is 154 Å². The number of aliphatic hydroxyl groups is 5. The van der Waals surface area contributed by atoms with Crippen LogP contribution in [0.4, 0.5) is 0 Å². The Morgan fingerprint density at radius 3 is 2.02 bits per heavy atom. The van der Waals surface area contributed by atoms with Gasteiger partial charge in [0.1, 0.15) is 18.3 Å². The van der Waals surface area contributed by atoms with Gasteiger partial charge in [-0.25, -0.2) is 4.79 Å². The molecule has 1 aromatic carbocycles. The molecule has 0 fully saturated rings. The third-order valence-corrected chi connectivity index (χ3v) is 8.19. The largest absolute Gasteiger partial charge is 0.462 e. The van der Waals surface area contributed by atoms with E-state index in [0.29, 0.717) is 6.42 Å². The average Bonchev–Trinajstić information content (AvgIpc) is 2.95. The zero-order valence-corrected chi connectivity index (χ0v) is 27.0. The molecule has 2 rings (SSSR count). The predicted octanol–water partition coefficient (Wildman–Crippen LogP) is 4.85. The molecule has 5 N–H and O–H groups in total. The summed E-state index contributed by atoms with van der Waals surface area (Å²) < 4.78 is 10.4. The lowest BCUT2D eigenvalue weighted by molar-refractivity contribution is -0.152. The summed E-state index contributed by atoms with van der Waals surface area (Å²) in [6.07, 6.45) is 7.62. The summed E-state index contributed by atoms with van der Waals surface area (Å²) >= 11 is 0. The SMILES string of the molecule is C=C(CCCCCCCCCCc1ccccc1)CC(CC(O)CC(O)CC(O)CC(O)CC1OC(=O)C=CC1O)OC(C)=O. The van der Waals surface area contributed by atoms with Crippen LogP contribution in [0.5, 0.6) is 0 Å². The minimum Gasteiger partial charge on any atom is -0.462 e. The van der Waals surface area contributed by atoms with E-state index >= 15 is 0 Å². The standard InChI is InChI=1S/C36H56O9/c1-26(14-10-7-5-3-4-6-8-11-15-28-16-12-9-13-17-28)20-33(44-27(2)37)24-31(40)22-29(38)21-30(39)23-32(41)25-35-34(42)18-19-36(43)45-35/h9,12-13,16-19,29-35,38-42H,1,3-8,10-11,14-15,20-25H2,2H3. The van der Waals surface area contributed by atoms with E-state index in [0.717, 1.165) is 37.3 Å². The van der Waals surface area contributed by atoms with Crippen molar-refractivity contribution in [3.8, 4) is 0 Å². The van der Waals surface area contributed by atoms with Crippen LogP contribution < -0.4 is 0 Å². The first kappa shape index (κ1) is 38.6. The van der Waals surface area contributed by atoms with Gasteiger partial charge in [0.2, 0.25) is 0 Å². The van der Waals surface area contributed by atoms with E-state index in [9.17, 15) is 35.1 Å². The lowest BCUT2D eigenvalue weighted by Gasteiger charge is -2.27. The van der Waals surface area contributed by atoms with Gasteiger partial charge in [-0.1, -0.05) is 81.0 Å². The number of carbonyl (C=O) groups excluding carboxylic acids is 2. The molecule has 254 valence electrons. The van der Waals surface area contributed by atoms with E-state index in [-0.39, 0.29) is 32.1 Å². The number of rotatable bonds is 24. The molecule has 0 saturated carbocycles. The molecule has 1 heterocycles. The van der Waals surface area contributed by atoms with Crippen molar-refractivity contribution in [1.29, 1.82) is 0 Å². The minimum atomic E-state index is -1.07. The summed E-state index contributed by atoms with van der Waals surface area (Å²) in [5, 5.41) is 51.5. The van der Waals surface area contributed by atoms with Gasteiger partial charge >= 0.3 is 11.9 Å². The number of carbonyl (C=O) groups is 2. The number of aliphatic hydroxyl groups excluding tert-OH is 5. The quantitative estimate of drug-likeness (QED) is 0.0611. The highest BCUT2D eigenvalue weighted by Crippen LogP contribution is 2.22. The fourth-order valence-corrected chi connectivity index (χ4v) is 5.89. The van der Waals surface area contributed by atoms with Crippen LogP contribution >= 0.6 is 0 Å². The molecule has 7 atom stereocenters. The first-order chi connectivity index (χ1) is 21.5. The monoisotopic (exact) mass is 632 g/mol. The molecule has 7 unspecified atom stereocenters. The van der Waals surface area contributed by atoms with Crippen LogP contribution in [-0.2, 0) is 25.5 Å². The molecular formula is C36H56O9. The number of hydrogen-bond donors (Lipinski definition) is 5. The number of unbranched alkanes of at least 4 members (excludes halogenated alkanes) is 7. The van der Waals surface area contributed by atoms with Crippen molar-refractivity contribution in [3.63, 3.8) is 0 Å². The Morgan fingerprint density at radius 1 is 0.844 bits per heavy atom. The predicted molar refractivity (Wildman–Crippen MR) is 173 cm³/mol. The molecule has 45 heavy (non-hydrogen) atoms. The number of esters is 2. The van der Waals surface area contributed by atoms with Crippen LogP contribution in [0.15, 0.2) is 54.6 Å². The molecule has 0 radical (unpaired) electrons. The number of hydrogen-bond acceptors (Lipinski definition) is 9. The second-order valence-electron chi connectivity index (χ2n) is 12.6. The Kier molecular flexibility index (Phi) is 18.9. The van der Waals surface area contributed by atoms with Crippen molar-refractivity contribution >= 4 is 11.9 Å². The first-order valence-electron chi connectivity index (χ1n) is 16.7. The van der Waals surface area contributed by atoms with Gasteiger partial charge in [-0.3, -0.25) is 4.79 Å². The van der Waals surface area contributed by atoms with Crippen LogP contribution in [-0.4, -0.2) is 80.2 Å². The van der Waals surface area contributed by atoms with E-state index in [1.807, 2.05) is 0 Å². The molecule has 1 aliphatic rings. The van der Waals surface area contributed by atoms with Crippen LogP contribution in [0.3, 0.4) is 0 Å². The summed E-state index contributed by atoms with van der Waals surface area (Å²) in [5.74, 6) is -1.05. The Morgan fingerprint density at radius 2 is 1.40 bits per heavy atom. The second-order valence-corrected chi connectivity index (χ2v) is 12.6.